The zero-order chi connectivity index (χ0) is 49.6. The van der Waals surface area contributed by atoms with E-state index in [1.165, 1.54) is 18.5 Å². The first-order chi connectivity index (χ1) is 33.1. The highest BCUT2D eigenvalue weighted by atomic mass is 19.1. The fraction of sp³-hybridized carbons (Fsp3) is 0.540. The number of unbranched alkanes of at least 4 members (excludes halogenated alkanes) is 3. The second-order valence-corrected chi connectivity index (χ2v) is 19.4. The molecule has 5 amide bonds. The predicted octanol–water partition coefficient (Wildman–Crippen LogP) is 5.17. The number of piperidine rings is 2. The molecule has 1 aromatic heterocycles. The number of piperazine rings is 1. The molecule has 7 N–H and O–H groups in total. The number of hydrogen-bond acceptors (Lipinski definition) is 14. The van der Waals surface area contributed by atoms with E-state index in [2.05, 4.69) is 60.2 Å². The number of likely N-dealkylation sites (tertiary alicyclic amines) is 1. The third-order valence-corrected chi connectivity index (χ3v) is 13.6. The molecule has 0 saturated carbocycles. The number of nitrogens with two attached hydrogens (primary N) is 1. The lowest BCUT2D eigenvalue weighted by Crippen LogP contribution is -2.66. The van der Waals surface area contributed by atoms with Gasteiger partial charge in [0.2, 0.25) is 24.6 Å². The van der Waals surface area contributed by atoms with Crippen molar-refractivity contribution in [1.82, 2.24) is 35.7 Å². The van der Waals surface area contributed by atoms with Gasteiger partial charge in [-0.25, -0.2) is 18.7 Å². The van der Waals surface area contributed by atoms with Crippen LogP contribution in [0.5, 0.6) is 0 Å². The molecule has 1 spiro atoms. The molecule has 19 heteroatoms. The lowest BCUT2D eigenvalue weighted by Gasteiger charge is -2.48. The van der Waals surface area contributed by atoms with Gasteiger partial charge >= 0.3 is 0 Å². The normalized spacial score (nSPS) is 17.4. The van der Waals surface area contributed by atoms with Gasteiger partial charge in [-0.2, -0.15) is 0 Å². The molecule has 3 fully saturated rings. The van der Waals surface area contributed by atoms with Crippen molar-refractivity contribution in [3.05, 3.63) is 82.9 Å². The molecule has 6 rings (SSSR count). The largest absolute Gasteiger partial charge is 0.399 e. The van der Waals surface area contributed by atoms with Crippen molar-refractivity contribution in [2.45, 2.75) is 110 Å². The Morgan fingerprint density at radius 1 is 0.942 bits per heavy atom. The smallest absolute Gasteiger partial charge is 0.263 e. The summed E-state index contributed by atoms with van der Waals surface area (Å²) in [5, 5.41) is 15.1. The Morgan fingerprint density at radius 2 is 1.68 bits per heavy atom. The van der Waals surface area contributed by atoms with Crippen LogP contribution < -0.4 is 42.1 Å². The summed E-state index contributed by atoms with van der Waals surface area (Å²) >= 11 is 0. The van der Waals surface area contributed by atoms with Gasteiger partial charge in [-0.1, -0.05) is 52.2 Å². The van der Waals surface area contributed by atoms with Gasteiger partial charge in [-0.05, 0) is 88.1 Å². The molecule has 3 aliphatic heterocycles. The summed E-state index contributed by atoms with van der Waals surface area (Å²) in [6, 6.07) is 8.68. The topological polar surface area (TPSA) is 210 Å². The lowest BCUT2D eigenvalue weighted by atomic mass is 9.82. The molecule has 3 aromatic rings. The molecule has 4 heterocycles. The third kappa shape index (κ3) is 14.1. The molecule has 0 radical (unpaired) electrons. The van der Waals surface area contributed by atoms with Gasteiger partial charge in [0.25, 0.3) is 5.91 Å². The number of imide groups is 2. The molecule has 374 valence electrons. The van der Waals surface area contributed by atoms with Gasteiger partial charge in [0.1, 0.15) is 35.6 Å². The maximum absolute atomic E-state index is 15.7. The van der Waals surface area contributed by atoms with Crippen LogP contribution in [0.4, 0.5) is 31.8 Å². The maximum atomic E-state index is 15.7. The SMILES string of the molecule is CCCC(C(=O)NC=O)N(C=O)C(=O)c1c(C)cccc1NCCCCCCN/C=C(\N)CNc1cc(N2CCC3(CC2)CN(c2cc(F)c(CN4CCC(C)(C)CC4)cc2F)CC(=O)N3)ncn1. The lowest BCUT2D eigenvalue weighted by molar-refractivity contribution is -0.133. The monoisotopic (exact) mass is 957 g/mol. The molecular weight excluding hydrogens is 887 g/mol. The zero-order valence-corrected chi connectivity index (χ0v) is 40.6. The van der Waals surface area contributed by atoms with Crippen LogP contribution in [0.1, 0.15) is 106 Å². The number of carbonyl (C=O) groups is 5. The van der Waals surface area contributed by atoms with E-state index in [1.54, 1.807) is 30.2 Å². The van der Waals surface area contributed by atoms with E-state index in [0.29, 0.717) is 98.8 Å². The number of aryl methyl sites for hydroxylation is 1. The van der Waals surface area contributed by atoms with Crippen LogP contribution in [0, 0.1) is 24.0 Å². The molecule has 69 heavy (non-hydrogen) atoms. The van der Waals surface area contributed by atoms with Crippen LogP contribution in [0.15, 0.2) is 54.6 Å². The number of nitrogens with zero attached hydrogens (tertiary/aromatic N) is 6. The third-order valence-electron chi connectivity index (χ3n) is 13.6. The second kappa shape index (κ2) is 24.3. The summed E-state index contributed by atoms with van der Waals surface area (Å²) in [5.74, 6) is -1.16. The molecular formula is C50H70F2N12O5. The summed E-state index contributed by atoms with van der Waals surface area (Å²) in [6.45, 7) is 13.3. The molecule has 3 saturated heterocycles. The highest BCUT2D eigenvalue weighted by molar-refractivity contribution is 6.08. The molecule has 17 nitrogen and oxygen atoms in total. The van der Waals surface area contributed by atoms with E-state index in [1.807, 2.05) is 19.1 Å². The summed E-state index contributed by atoms with van der Waals surface area (Å²) in [4.78, 5) is 77.9. The zero-order valence-electron chi connectivity index (χ0n) is 40.6. The average Bonchev–Trinajstić information content (AvgIpc) is 3.32. The Labute approximate surface area is 404 Å². The van der Waals surface area contributed by atoms with Gasteiger partial charge in [0.05, 0.1) is 29.9 Å². The second-order valence-electron chi connectivity index (χ2n) is 19.4. The van der Waals surface area contributed by atoms with Crippen LogP contribution in [0.3, 0.4) is 0 Å². The number of rotatable bonds is 23. The van der Waals surface area contributed by atoms with Crippen LogP contribution in [0.25, 0.3) is 0 Å². The molecule has 2 aromatic carbocycles. The number of hydrogen-bond donors (Lipinski definition) is 6. The molecule has 0 aliphatic carbocycles. The minimum absolute atomic E-state index is 0.0410. The number of benzene rings is 2. The van der Waals surface area contributed by atoms with Crippen molar-refractivity contribution >= 4 is 53.6 Å². The molecule has 0 bridgehead atoms. The van der Waals surface area contributed by atoms with Crippen molar-refractivity contribution < 1.29 is 32.8 Å². The van der Waals surface area contributed by atoms with Crippen LogP contribution in [-0.4, -0.2) is 121 Å². The van der Waals surface area contributed by atoms with Gasteiger partial charge < -0.3 is 36.8 Å². The summed E-state index contributed by atoms with van der Waals surface area (Å²) < 4.78 is 31.1. The fourth-order valence-electron chi connectivity index (χ4n) is 9.39. The van der Waals surface area contributed by atoms with Gasteiger partial charge in [0, 0.05) is 74.5 Å². The standard InChI is InChI=1S/C50H70F2N12O5/c1-5-11-41(47(68)59-33-65)64(34-66)48(69)46-35(2)12-10-13-40(46)55-19-9-7-6-8-18-54-27-37(53)28-56-43-26-44(58-32-57-43)62-22-16-50(17-23-62)31-63(30-45(67)60-50)42-25-38(51)36(24-39(42)52)29-61-20-14-49(3,4)15-21-61/h10,12-13,24-27,32-34,41,54-55H,5-9,11,14-23,28-31,53H2,1-4H3,(H,60,67)(H,56,57,58)(H,59,65,68)/b37-27-. The minimum Gasteiger partial charge on any atom is -0.399 e. The Kier molecular flexibility index (Phi) is 18.3. The first-order valence-corrected chi connectivity index (χ1v) is 24.3. The fourth-order valence-corrected chi connectivity index (χ4v) is 9.39. The number of aromatic nitrogens is 2. The Hall–Kier alpha value is -6.37. The number of anilines is 4. The Balaban J connectivity index is 0.900. The molecule has 1 unspecified atom stereocenters. The van der Waals surface area contributed by atoms with Crippen molar-refractivity contribution in [2.75, 3.05) is 79.3 Å². The average molecular weight is 957 g/mol. The van der Waals surface area contributed by atoms with Crippen LogP contribution in [-0.2, 0) is 25.7 Å². The van der Waals surface area contributed by atoms with E-state index in [4.69, 9.17) is 5.73 Å². The quantitative estimate of drug-likeness (QED) is 0.0535. The number of nitrogens with one attached hydrogen (secondary N) is 5. The van der Waals surface area contributed by atoms with Gasteiger partial charge in [-0.15, -0.1) is 0 Å². The summed E-state index contributed by atoms with van der Waals surface area (Å²) in [6.07, 6.45) is 11.5. The molecule has 1 atom stereocenters. The van der Waals surface area contributed by atoms with E-state index in [9.17, 15) is 24.0 Å². The Morgan fingerprint density at radius 3 is 2.39 bits per heavy atom. The van der Waals surface area contributed by atoms with Crippen LogP contribution in [0.2, 0.25) is 0 Å². The highest BCUT2D eigenvalue weighted by Crippen LogP contribution is 2.34. The van der Waals surface area contributed by atoms with E-state index in [0.717, 1.165) is 68.9 Å². The first-order valence-electron chi connectivity index (χ1n) is 24.3. The van der Waals surface area contributed by atoms with Crippen molar-refractivity contribution in [2.24, 2.45) is 11.1 Å². The summed E-state index contributed by atoms with van der Waals surface area (Å²) in [7, 11) is 0. The van der Waals surface area contributed by atoms with Crippen molar-refractivity contribution in [1.29, 1.82) is 0 Å². The number of carbonyl (C=O) groups excluding carboxylic acids is 5. The predicted molar refractivity (Wildman–Crippen MR) is 263 cm³/mol. The highest BCUT2D eigenvalue weighted by Gasteiger charge is 2.42. The molecule has 3 aliphatic rings. The maximum Gasteiger partial charge on any atom is 0.263 e. The van der Waals surface area contributed by atoms with Gasteiger partial charge in [0.15, 0.2) is 0 Å². The van der Waals surface area contributed by atoms with Crippen molar-refractivity contribution in [3.63, 3.8) is 0 Å². The number of halogens is 2. The first kappa shape index (κ1) is 52.0. The summed E-state index contributed by atoms with van der Waals surface area (Å²) in [5.41, 5.74) is 8.54. The van der Waals surface area contributed by atoms with E-state index in [-0.39, 0.29) is 36.4 Å². The number of amides is 5. The van der Waals surface area contributed by atoms with E-state index < -0.39 is 35.0 Å². The Bertz CT molecular complexity index is 2300. The van der Waals surface area contributed by atoms with Gasteiger partial charge in [-0.3, -0.25) is 39.1 Å². The van der Waals surface area contributed by atoms with E-state index >= 15 is 8.78 Å². The van der Waals surface area contributed by atoms with Crippen molar-refractivity contribution in [3.8, 4) is 0 Å². The minimum atomic E-state index is -1.10. The van der Waals surface area contributed by atoms with Crippen LogP contribution >= 0.6 is 0 Å².